The number of hydrogen-bond acceptors (Lipinski definition) is 4. The molecule has 1 aromatic heterocycles. The van der Waals surface area contributed by atoms with Gasteiger partial charge in [0.2, 0.25) is 0 Å². The summed E-state index contributed by atoms with van der Waals surface area (Å²) in [5, 5.41) is 3.41. The van der Waals surface area contributed by atoms with Gasteiger partial charge in [0.1, 0.15) is 5.82 Å². The van der Waals surface area contributed by atoms with Crippen LogP contribution in [0.4, 0.5) is 5.82 Å². The van der Waals surface area contributed by atoms with Crippen molar-refractivity contribution in [2.75, 3.05) is 38.6 Å². The summed E-state index contributed by atoms with van der Waals surface area (Å²) in [7, 11) is 3.88. The molecule has 0 radical (unpaired) electrons. The molecule has 1 atom stereocenters. The summed E-state index contributed by atoms with van der Waals surface area (Å²) in [4.78, 5) is 21.3. The second-order valence-corrected chi connectivity index (χ2v) is 6.61. The van der Waals surface area contributed by atoms with Crippen LogP contribution in [0.15, 0.2) is 42.6 Å². The molecule has 1 aliphatic heterocycles. The number of pyridine rings is 1. The third-order valence-corrected chi connectivity index (χ3v) is 4.73. The average molecular weight is 338 g/mol. The zero-order chi connectivity index (χ0) is 17.8. The van der Waals surface area contributed by atoms with Crippen LogP contribution < -0.4 is 10.2 Å². The van der Waals surface area contributed by atoms with E-state index >= 15 is 0 Å². The molecule has 25 heavy (non-hydrogen) atoms. The molecular formula is C20H26N4O. The van der Waals surface area contributed by atoms with Crippen LogP contribution in [0.3, 0.4) is 0 Å². The Morgan fingerprint density at radius 3 is 2.60 bits per heavy atom. The summed E-state index contributed by atoms with van der Waals surface area (Å²) in [5.41, 5.74) is 3.13. The fourth-order valence-electron chi connectivity index (χ4n) is 3.16. The zero-order valence-corrected chi connectivity index (χ0v) is 15.2. The van der Waals surface area contributed by atoms with Crippen molar-refractivity contribution in [3.63, 3.8) is 0 Å². The molecule has 1 N–H and O–H groups in total. The molecular weight excluding hydrogens is 312 g/mol. The number of amides is 1. The van der Waals surface area contributed by atoms with Crippen LogP contribution in [0, 0.1) is 0 Å². The van der Waals surface area contributed by atoms with E-state index in [2.05, 4.69) is 41.5 Å². The minimum atomic E-state index is 0.0453. The fourth-order valence-corrected chi connectivity index (χ4v) is 3.16. The van der Waals surface area contributed by atoms with E-state index in [1.807, 2.05) is 36.0 Å². The second kappa shape index (κ2) is 7.66. The SMILES string of the molecule is CCc1ccc(C2CNCCN2C(=O)c2ccc(N(C)C)nc2)cc1. The lowest BCUT2D eigenvalue weighted by Crippen LogP contribution is -2.48. The van der Waals surface area contributed by atoms with E-state index in [1.165, 1.54) is 11.1 Å². The van der Waals surface area contributed by atoms with E-state index in [9.17, 15) is 4.79 Å². The van der Waals surface area contributed by atoms with Gasteiger partial charge in [-0.2, -0.15) is 0 Å². The highest BCUT2D eigenvalue weighted by molar-refractivity contribution is 5.94. The number of piperazine rings is 1. The van der Waals surface area contributed by atoms with Gasteiger partial charge in [-0.05, 0) is 29.7 Å². The molecule has 0 aliphatic carbocycles. The fraction of sp³-hybridized carbons (Fsp3) is 0.400. The van der Waals surface area contributed by atoms with Crippen LogP contribution >= 0.6 is 0 Å². The van der Waals surface area contributed by atoms with Crippen molar-refractivity contribution in [2.45, 2.75) is 19.4 Å². The number of carbonyl (C=O) groups excluding carboxylic acids is 1. The Morgan fingerprint density at radius 1 is 1.24 bits per heavy atom. The summed E-state index contributed by atoms with van der Waals surface area (Å²) in [6.07, 6.45) is 2.70. The normalized spacial score (nSPS) is 17.4. The highest BCUT2D eigenvalue weighted by Crippen LogP contribution is 2.25. The van der Waals surface area contributed by atoms with Crippen molar-refractivity contribution in [1.82, 2.24) is 15.2 Å². The van der Waals surface area contributed by atoms with Crippen LogP contribution in [-0.4, -0.2) is 49.5 Å². The molecule has 1 saturated heterocycles. The number of hydrogen-bond donors (Lipinski definition) is 1. The number of rotatable bonds is 4. The number of anilines is 1. The van der Waals surface area contributed by atoms with Crippen LogP contribution in [0.25, 0.3) is 0 Å². The Labute approximate surface area is 149 Å². The lowest BCUT2D eigenvalue weighted by molar-refractivity contribution is 0.0634. The molecule has 0 bridgehead atoms. The van der Waals surface area contributed by atoms with Gasteiger partial charge in [-0.1, -0.05) is 31.2 Å². The third kappa shape index (κ3) is 3.82. The number of nitrogens with zero attached hydrogens (tertiary/aromatic N) is 3. The Balaban J connectivity index is 1.83. The summed E-state index contributed by atoms with van der Waals surface area (Å²) in [5.74, 6) is 0.896. The van der Waals surface area contributed by atoms with Crippen molar-refractivity contribution < 1.29 is 4.79 Å². The minimum Gasteiger partial charge on any atom is -0.363 e. The minimum absolute atomic E-state index is 0.0453. The first-order valence-electron chi connectivity index (χ1n) is 8.84. The predicted molar refractivity (Wildman–Crippen MR) is 101 cm³/mol. The summed E-state index contributed by atoms with van der Waals surface area (Å²) < 4.78 is 0. The van der Waals surface area contributed by atoms with Crippen molar-refractivity contribution >= 4 is 11.7 Å². The van der Waals surface area contributed by atoms with Crippen LogP contribution in [0.5, 0.6) is 0 Å². The lowest BCUT2D eigenvalue weighted by atomic mass is 10.00. The molecule has 5 nitrogen and oxygen atoms in total. The molecule has 1 fully saturated rings. The van der Waals surface area contributed by atoms with Crippen LogP contribution in [-0.2, 0) is 6.42 Å². The maximum absolute atomic E-state index is 13.0. The van der Waals surface area contributed by atoms with Gasteiger partial charge in [0.05, 0.1) is 11.6 Å². The van der Waals surface area contributed by atoms with Crippen molar-refractivity contribution in [3.05, 3.63) is 59.3 Å². The molecule has 1 aromatic carbocycles. The summed E-state index contributed by atoms with van der Waals surface area (Å²) in [6.45, 7) is 4.45. The van der Waals surface area contributed by atoms with E-state index in [1.54, 1.807) is 6.20 Å². The van der Waals surface area contributed by atoms with E-state index in [0.29, 0.717) is 12.1 Å². The number of nitrogens with one attached hydrogen (secondary N) is 1. The number of aromatic nitrogens is 1. The predicted octanol–water partition coefficient (Wildman–Crippen LogP) is 2.50. The molecule has 0 saturated carbocycles. The Kier molecular flexibility index (Phi) is 5.34. The maximum atomic E-state index is 13.0. The Bertz CT molecular complexity index is 709. The van der Waals surface area contributed by atoms with Gasteiger partial charge >= 0.3 is 0 Å². The second-order valence-electron chi connectivity index (χ2n) is 6.61. The first-order valence-corrected chi connectivity index (χ1v) is 8.84. The van der Waals surface area contributed by atoms with Crippen molar-refractivity contribution in [1.29, 1.82) is 0 Å². The smallest absolute Gasteiger partial charge is 0.256 e. The Morgan fingerprint density at radius 2 is 2.00 bits per heavy atom. The van der Waals surface area contributed by atoms with Gasteiger partial charge in [0.15, 0.2) is 0 Å². The van der Waals surface area contributed by atoms with Gasteiger partial charge in [-0.25, -0.2) is 4.98 Å². The average Bonchev–Trinajstić information content (AvgIpc) is 2.67. The molecule has 3 rings (SSSR count). The zero-order valence-electron chi connectivity index (χ0n) is 15.2. The lowest BCUT2D eigenvalue weighted by Gasteiger charge is -2.36. The van der Waals surface area contributed by atoms with Crippen molar-refractivity contribution in [3.8, 4) is 0 Å². The topological polar surface area (TPSA) is 48.5 Å². The van der Waals surface area contributed by atoms with E-state index in [4.69, 9.17) is 0 Å². The summed E-state index contributed by atoms with van der Waals surface area (Å²) >= 11 is 0. The molecule has 0 spiro atoms. The van der Waals surface area contributed by atoms with Gasteiger partial charge in [0.25, 0.3) is 5.91 Å². The molecule has 132 valence electrons. The number of benzene rings is 1. The van der Waals surface area contributed by atoms with E-state index in [0.717, 1.165) is 25.3 Å². The molecule has 1 amide bonds. The van der Waals surface area contributed by atoms with Gasteiger partial charge < -0.3 is 15.1 Å². The first-order chi connectivity index (χ1) is 12.1. The molecule has 2 aromatic rings. The Hall–Kier alpha value is -2.40. The molecule has 2 heterocycles. The number of aryl methyl sites for hydroxylation is 1. The standard InChI is InChI=1S/C20H26N4O/c1-4-15-5-7-16(8-6-15)18-14-21-11-12-24(18)20(25)17-9-10-19(22-13-17)23(2)3/h5-10,13,18,21H,4,11-12,14H2,1-3H3. The summed E-state index contributed by atoms with van der Waals surface area (Å²) in [6, 6.07) is 12.4. The highest BCUT2D eigenvalue weighted by atomic mass is 16.2. The van der Waals surface area contributed by atoms with E-state index in [-0.39, 0.29) is 11.9 Å². The van der Waals surface area contributed by atoms with Crippen LogP contribution in [0.2, 0.25) is 0 Å². The highest BCUT2D eigenvalue weighted by Gasteiger charge is 2.28. The van der Waals surface area contributed by atoms with E-state index < -0.39 is 0 Å². The molecule has 5 heteroatoms. The van der Waals surface area contributed by atoms with Crippen LogP contribution in [0.1, 0.15) is 34.5 Å². The van der Waals surface area contributed by atoms with Crippen molar-refractivity contribution in [2.24, 2.45) is 0 Å². The largest absolute Gasteiger partial charge is 0.363 e. The third-order valence-electron chi connectivity index (χ3n) is 4.73. The number of carbonyl (C=O) groups is 1. The quantitative estimate of drug-likeness (QED) is 0.930. The van der Waals surface area contributed by atoms with Gasteiger partial charge in [-0.3, -0.25) is 4.79 Å². The van der Waals surface area contributed by atoms with Gasteiger partial charge in [0, 0.05) is 39.9 Å². The monoisotopic (exact) mass is 338 g/mol. The maximum Gasteiger partial charge on any atom is 0.256 e. The first kappa shape index (κ1) is 17.4. The molecule has 1 aliphatic rings. The van der Waals surface area contributed by atoms with Gasteiger partial charge in [-0.15, -0.1) is 0 Å². The molecule has 1 unspecified atom stereocenters.